The molecule has 2 aromatic heterocycles. The highest BCUT2D eigenvalue weighted by atomic mass is 32.1. The molecule has 0 spiro atoms. The second-order valence-corrected chi connectivity index (χ2v) is 3.56. The van der Waals surface area contributed by atoms with Crippen molar-refractivity contribution in [3.63, 3.8) is 0 Å². The number of thiophene rings is 1. The fourth-order valence-corrected chi connectivity index (χ4v) is 1.90. The maximum atomic E-state index is 11.3. The Kier molecular flexibility index (Phi) is 2.14. The molecule has 0 aliphatic heterocycles. The van der Waals surface area contributed by atoms with Crippen LogP contribution in [0.4, 0.5) is 0 Å². The molecule has 2 aromatic rings. The molecule has 0 aromatic carbocycles. The zero-order chi connectivity index (χ0) is 9.26. The molecule has 0 saturated heterocycles. The molecule has 0 amide bonds. The SMILES string of the molecule is CCCc1nc2cscc2c(=O)o1. The molecule has 0 aliphatic carbocycles. The number of hydrogen-bond acceptors (Lipinski definition) is 4. The van der Waals surface area contributed by atoms with E-state index in [1.54, 1.807) is 5.38 Å². The zero-order valence-electron chi connectivity index (χ0n) is 7.24. The molecule has 4 heteroatoms. The summed E-state index contributed by atoms with van der Waals surface area (Å²) in [5.41, 5.74) is 0.486. The Morgan fingerprint density at radius 2 is 2.38 bits per heavy atom. The predicted octanol–water partition coefficient (Wildman–Crippen LogP) is 2.20. The van der Waals surface area contributed by atoms with Crippen molar-refractivity contribution in [2.24, 2.45) is 0 Å². The van der Waals surface area contributed by atoms with Gasteiger partial charge in [0.2, 0.25) is 0 Å². The number of aromatic nitrogens is 1. The van der Waals surface area contributed by atoms with E-state index in [1.807, 2.05) is 12.3 Å². The lowest BCUT2D eigenvalue weighted by atomic mass is 10.3. The van der Waals surface area contributed by atoms with Crippen LogP contribution in [-0.2, 0) is 6.42 Å². The van der Waals surface area contributed by atoms with Crippen LogP contribution in [0.25, 0.3) is 10.9 Å². The first-order valence-electron chi connectivity index (χ1n) is 4.17. The Morgan fingerprint density at radius 3 is 3.15 bits per heavy atom. The summed E-state index contributed by atoms with van der Waals surface area (Å²) in [6.45, 7) is 2.03. The van der Waals surface area contributed by atoms with Gasteiger partial charge in [0, 0.05) is 17.2 Å². The molecule has 2 heterocycles. The van der Waals surface area contributed by atoms with Gasteiger partial charge in [-0.2, -0.15) is 0 Å². The minimum absolute atomic E-state index is 0.269. The van der Waals surface area contributed by atoms with Gasteiger partial charge in [-0.05, 0) is 6.42 Å². The van der Waals surface area contributed by atoms with Gasteiger partial charge in [0.25, 0.3) is 0 Å². The molecular weight excluding hydrogens is 186 g/mol. The van der Waals surface area contributed by atoms with E-state index in [4.69, 9.17) is 4.42 Å². The summed E-state index contributed by atoms with van der Waals surface area (Å²) in [6.07, 6.45) is 1.66. The maximum absolute atomic E-state index is 11.3. The van der Waals surface area contributed by atoms with E-state index in [2.05, 4.69) is 4.98 Å². The summed E-state index contributed by atoms with van der Waals surface area (Å²) in [5.74, 6) is 0.540. The molecule has 0 atom stereocenters. The highest BCUT2D eigenvalue weighted by Crippen LogP contribution is 2.13. The molecule has 3 nitrogen and oxygen atoms in total. The molecule has 68 valence electrons. The lowest BCUT2D eigenvalue weighted by molar-refractivity contribution is 0.442. The number of fused-ring (bicyclic) bond motifs is 1. The Morgan fingerprint density at radius 1 is 1.54 bits per heavy atom. The Hall–Kier alpha value is -1.16. The van der Waals surface area contributed by atoms with Crippen molar-refractivity contribution in [1.29, 1.82) is 0 Å². The van der Waals surface area contributed by atoms with E-state index >= 15 is 0 Å². The van der Waals surface area contributed by atoms with E-state index in [0.29, 0.717) is 11.3 Å². The fraction of sp³-hybridized carbons (Fsp3) is 0.333. The molecule has 0 fully saturated rings. The lowest BCUT2D eigenvalue weighted by Gasteiger charge is -1.94. The Bertz CT molecular complexity index is 472. The molecule has 0 aliphatic rings. The smallest absolute Gasteiger partial charge is 0.347 e. The summed E-state index contributed by atoms with van der Waals surface area (Å²) in [4.78, 5) is 15.6. The average molecular weight is 195 g/mol. The topological polar surface area (TPSA) is 43.1 Å². The van der Waals surface area contributed by atoms with Crippen LogP contribution in [0.1, 0.15) is 19.2 Å². The van der Waals surface area contributed by atoms with Crippen LogP contribution in [0.5, 0.6) is 0 Å². The van der Waals surface area contributed by atoms with Crippen molar-refractivity contribution >= 4 is 22.2 Å². The van der Waals surface area contributed by atoms with Crippen LogP contribution in [-0.4, -0.2) is 4.98 Å². The largest absolute Gasteiger partial charge is 0.408 e. The van der Waals surface area contributed by atoms with Gasteiger partial charge < -0.3 is 4.42 Å². The van der Waals surface area contributed by atoms with Crippen LogP contribution < -0.4 is 5.63 Å². The highest BCUT2D eigenvalue weighted by molar-refractivity contribution is 7.09. The van der Waals surface area contributed by atoms with E-state index < -0.39 is 0 Å². The molecule has 13 heavy (non-hydrogen) atoms. The van der Waals surface area contributed by atoms with E-state index in [0.717, 1.165) is 18.4 Å². The van der Waals surface area contributed by atoms with Crippen LogP contribution in [0.15, 0.2) is 20.0 Å². The quantitative estimate of drug-likeness (QED) is 0.737. The van der Waals surface area contributed by atoms with Gasteiger partial charge in [-0.25, -0.2) is 9.78 Å². The predicted molar refractivity (Wildman–Crippen MR) is 52.2 cm³/mol. The molecule has 0 N–H and O–H groups in total. The molecule has 0 unspecified atom stereocenters. The summed E-state index contributed by atoms with van der Waals surface area (Å²) >= 11 is 1.47. The second kappa shape index (κ2) is 3.30. The van der Waals surface area contributed by atoms with Gasteiger partial charge in [0.1, 0.15) is 0 Å². The minimum atomic E-state index is -0.269. The van der Waals surface area contributed by atoms with Gasteiger partial charge in [-0.1, -0.05) is 6.92 Å². The van der Waals surface area contributed by atoms with Crippen molar-refractivity contribution in [2.75, 3.05) is 0 Å². The molecule has 2 rings (SSSR count). The Balaban J connectivity index is 2.63. The average Bonchev–Trinajstić information content (AvgIpc) is 2.53. The van der Waals surface area contributed by atoms with E-state index in [-0.39, 0.29) is 5.63 Å². The third kappa shape index (κ3) is 1.49. The first-order valence-corrected chi connectivity index (χ1v) is 5.11. The highest BCUT2D eigenvalue weighted by Gasteiger charge is 2.05. The molecule has 0 radical (unpaired) electrons. The minimum Gasteiger partial charge on any atom is -0.408 e. The number of rotatable bonds is 2. The van der Waals surface area contributed by atoms with Gasteiger partial charge in [-0.15, -0.1) is 11.3 Å². The lowest BCUT2D eigenvalue weighted by Crippen LogP contribution is -2.03. The summed E-state index contributed by atoms with van der Waals surface area (Å²) in [7, 11) is 0. The van der Waals surface area contributed by atoms with Gasteiger partial charge in [0.15, 0.2) is 5.89 Å². The van der Waals surface area contributed by atoms with E-state index in [1.165, 1.54) is 11.3 Å². The summed E-state index contributed by atoms with van der Waals surface area (Å²) < 4.78 is 5.03. The molecule has 0 bridgehead atoms. The van der Waals surface area contributed by atoms with Crippen LogP contribution in [0, 0.1) is 0 Å². The maximum Gasteiger partial charge on any atom is 0.347 e. The summed E-state index contributed by atoms with van der Waals surface area (Å²) in [5, 5.41) is 4.22. The van der Waals surface area contributed by atoms with Crippen molar-refractivity contribution in [1.82, 2.24) is 4.98 Å². The third-order valence-corrected chi connectivity index (χ3v) is 2.51. The number of hydrogen-bond donors (Lipinski definition) is 0. The second-order valence-electron chi connectivity index (χ2n) is 2.82. The number of nitrogens with zero attached hydrogens (tertiary/aromatic N) is 1. The fourth-order valence-electron chi connectivity index (χ4n) is 1.17. The Labute approximate surface area is 79.0 Å². The van der Waals surface area contributed by atoms with Crippen molar-refractivity contribution in [3.8, 4) is 0 Å². The summed E-state index contributed by atoms with van der Waals surface area (Å²) in [6, 6.07) is 0. The van der Waals surface area contributed by atoms with Gasteiger partial charge >= 0.3 is 5.63 Å². The standard InChI is InChI=1S/C9H9NO2S/c1-2-3-8-10-7-5-13-4-6(7)9(11)12-8/h4-5H,2-3H2,1H3. The first kappa shape index (κ1) is 8.44. The van der Waals surface area contributed by atoms with Crippen molar-refractivity contribution in [3.05, 3.63) is 27.1 Å². The third-order valence-electron chi connectivity index (χ3n) is 1.78. The number of aryl methyl sites for hydroxylation is 1. The van der Waals surface area contributed by atoms with E-state index in [9.17, 15) is 4.79 Å². The monoisotopic (exact) mass is 195 g/mol. The van der Waals surface area contributed by atoms with Crippen LogP contribution in [0.2, 0.25) is 0 Å². The van der Waals surface area contributed by atoms with Crippen LogP contribution in [0.3, 0.4) is 0 Å². The first-order chi connectivity index (χ1) is 6.31. The van der Waals surface area contributed by atoms with Gasteiger partial charge in [0.05, 0.1) is 10.9 Å². The van der Waals surface area contributed by atoms with Gasteiger partial charge in [-0.3, -0.25) is 0 Å². The van der Waals surface area contributed by atoms with Crippen molar-refractivity contribution in [2.45, 2.75) is 19.8 Å². The molecular formula is C9H9NO2S. The normalized spacial score (nSPS) is 10.8. The van der Waals surface area contributed by atoms with Crippen LogP contribution >= 0.6 is 11.3 Å². The van der Waals surface area contributed by atoms with Crippen molar-refractivity contribution < 1.29 is 4.42 Å². The molecule has 0 saturated carbocycles. The zero-order valence-corrected chi connectivity index (χ0v) is 8.06.